The SMILES string of the molecule is CCNCc1cccc(NC(=O)C(C)(C)Cc2ccccc2)c1. The third-order valence-electron chi connectivity index (χ3n) is 3.87. The molecule has 2 N–H and O–H groups in total. The van der Waals surface area contributed by atoms with Crippen LogP contribution in [0.4, 0.5) is 5.69 Å². The molecule has 2 aromatic carbocycles. The highest BCUT2D eigenvalue weighted by Crippen LogP contribution is 2.24. The van der Waals surface area contributed by atoms with Gasteiger partial charge in [-0.2, -0.15) is 0 Å². The van der Waals surface area contributed by atoms with Gasteiger partial charge in [-0.3, -0.25) is 4.79 Å². The number of hydrogen-bond donors (Lipinski definition) is 2. The van der Waals surface area contributed by atoms with E-state index in [2.05, 4.69) is 35.8 Å². The third kappa shape index (κ3) is 5.22. The van der Waals surface area contributed by atoms with Crippen molar-refractivity contribution < 1.29 is 4.79 Å². The van der Waals surface area contributed by atoms with Crippen LogP contribution in [0.3, 0.4) is 0 Å². The van der Waals surface area contributed by atoms with Gasteiger partial charge in [0.15, 0.2) is 0 Å². The Hall–Kier alpha value is -2.13. The number of rotatable bonds is 7. The average Bonchev–Trinajstić information content (AvgIpc) is 2.54. The van der Waals surface area contributed by atoms with Crippen molar-refractivity contribution in [2.24, 2.45) is 5.41 Å². The number of hydrogen-bond acceptors (Lipinski definition) is 2. The minimum Gasteiger partial charge on any atom is -0.326 e. The number of anilines is 1. The summed E-state index contributed by atoms with van der Waals surface area (Å²) in [7, 11) is 0. The molecule has 0 aliphatic carbocycles. The van der Waals surface area contributed by atoms with E-state index in [9.17, 15) is 4.79 Å². The summed E-state index contributed by atoms with van der Waals surface area (Å²) in [6.45, 7) is 7.79. The lowest BCUT2D eigenvalue weighted by Gasteiger charge is -2.24. The second-order valence-corrected chi connectivity index (χ2v) is 6.48. The largest absolute Gasteiger partial charge is 0.326 e. The first-order chi connectivity index (χ1) is 11.0. The lowest BCUT2D eigenvalue weighted by atomic mass is 9.84. The molecule has 1 amide bonds. The van der Waals surface area contributed by atoms with Gasteiger partial charge in [0.1, 0.15) is 0 Å². The number of carbonyl (C=O) groups is 1. The Balaban J connectivity index is 2.02. The van der Waals surface area contributed by atoms with Gasteiger partial charge in [-0.15, -0.1) is 0 Å². The normalized spacial score (nSPS) is 11.3. The third-order valence-corrected chi connectivity index (χ3v) is 3.87. The van der Waals surface area contributed by atoms with E-state index >= 15 is 0 Å². The van der Waals surface area contributed by atoms with Crippen LogP contribution in [0.25, 0.3) is 0 Å². The summed E-state index contributed by atoms with van der Waals surface area (Å²) in [5.74, 6) is 0.0435. The van der Waals surface area contributed by atoms with Gasteiger partial charge in [0, 0.05) is 17.6 Å². The highest BCUT2D eigenvalue weighted by atomic mass is 16.2. The van der Waals surface area contributed by atoms with Crippen molar-refractivity contribution in [2.45, 2.75) is 33.7 Å². The number of benzene rings is 2. The van der Waals surface area contributed by atoms with Crippen LogP contribution in [-0.4, -0.2) is 12.5 Å². The molecule has 2 aromatic rings. The topological polar surface area (TPSA) is 41.1 Å². The molecule has 0 heterocycles. The Morgan fingerprint density at radius 2 is 1.70 bits per heavy atom. The van der Waals surface area contributed by atoms with E-state index in [1.165, 1.54) is 11.1 Å². The van der Waals surface area contributed by atoms with Gasteiger partial charge in [0.05, 0.1) is 0 Å². The maximum atomic E-state index is 12.6. The van der Waals surface area contributed by atoms with Gasteiger partial charge in [-0.05, 0) is 36.2 Å². The molecule has 0 atom stereocenters. The molecular weight excluding hydrogens is 284 g/mol. The van der Waals surface area contributed by atoms with Crippen molar-refractivity contribution in [3.63, 3.8) is 0 Å². The predicted octanol–water partition coefficient (Wildman–Crippen LogP) is 4.00. The molecule has 3 nitrogen and oxygen atoms in total. The molecule has 0 saturated heterocycles. The van der Waals surface area contributed by atoms with E-state index in [1.807, 2.05) is 50.2 Å². The molecule has 0 radical (unpaired) electrons. The number of nitrogens with one attached hydrogen (secondary N) is 2. The molecule has 122 valence electrons. The molecule has 0 aliphatic rings. The molecule has 0 saturated carbocycles. The molecule has 0 fully saturated rings. The van der Waals surface area contributed by atoms with Gasteiger partial charge < -0.3 is 10.6 Å². The molecule has 0 spiro atoms. The zero-order valence-corrected chi connectivity index (χ0v) is 14.2. The van der Waals surface area contributed by atoms with Crippen molar-refractivity contribution in [3.8, 4) is 0 Å². The Kier molecular flexibility index (Phi) is 5.94. The smallest absolute Gasteiger partial charge is 0.230 e. The number of amides is 1. The fourth-order valence-electron chi connectivity index (χ4n) is 2.52. The average molecular weight is 310 g/mol. The Morgan fingerprint density at radius 3 is 2.39 bits per heavy atom. The van der Waals surface area contributed by atoms with E-state index < -0.39 is 5.41 Å². The summed E-state index contributed by atoms with van der Waals surface area (Å²) < 4.78 is 0. The Bertz CT molecular complexity index is 635. The lowest BCUT2D eigenvalue weighted by molar-refractivity contribution is -0.123. The summed E-state index contributed by atoms with van der Waals surface area (Å²) in [5, 5.41) is 6.35. The lowest BCUT2D eigenvalue weighted by Crippen LogP contribution is -2.32. The van der Waals surface area contributed by atoms with E-state index in [0.29, 0.717) is 0 Å². The van der Waals surface area contributed by atoms with Crippen LogP contribution >= 0.6 is 0 Å². The van der Waals surface area contributed by atoms with Gasteiger partial charge in [-0.25, -0.2) is 0 Å². The van der Waals surface area contributed by atoms with Crippen LogP contribution < -0.4 is 10.6 Å². The quantitative estimate of drug-likeness (QED) is 0.811. The fourth-order valence-corrected chi connectivity index (χ4v) is 2.52. The highest BCUT2D eigenvalue weighted by molar-refractivity contribution is 5.95. The van der Waals surface area contributed by atoms with Crippen molar-refractivity contribution in [2.75, 3.05) is 11.9 Å². The van der Waals surface area contributed by atoms with Crippen LogP contribution in [0.1, 0.15) is 31.9 Å². The summed E-state index contributed by atoms with van der Waals surface area (Å²) >= 11 is 0. The Morgan fingerprint density at radius 1 is 1.00 bits per heavy atom. The van der Waals surface area contributed by atoms with Gasteiger partial charge in [-0.1, -0.05) is 63.2 Å². The summed E-state index contributed by atoms with van der Waals surface area (Å²) in [6.07, 6.45) is 0.719. The predicted molar refractivity (Wildman–Crippen MR) is 96.4 cm³/mol. The molecule has 0 unspecified atom stereocenters. The van der Waals surface area contributed by atoms with Crippen molar-refractivity contribution in [3.05, 3.63) is 65.7 Å². The fraction of sp³-hybridized carbons (Fsp3) is 0.350. The van der Waals surface area contributed by atoms with Crippen LogP contribution in [0.5, 0.6) is 0 Å². The minimum atomic E-state index is -0.459. The summed E-state index contributed by atoms with van der Waals surface area (Å²) in [5.41, 5.74) is 2.74. The van der Waals surface area contributed by atoms with E-state index in [4.69, 9.17) is 0 Å². The van der Waals surface area contributed by atoms with Gasteiger partial charge in [0.2, 0.25) is 5.91 Å². The molecule has 2 rings (SSSR count). The zero-order valence-electron chi connectivity index (χ0n) is 14.2. The maximum Gasteiger partial charge on any atom is 0.230 e. The van der Waals surface area contributed by atoms with Gasteiger partial charge in [0.25, 0.3) is 0 Å². The zero-order chi connectivity index (χ0) is 16.7. The first kappa shape index (κ1) is 17.2. The van der Waals surface area contributed by atoms with Crippen LogP contribution in [-0.2, 0) is 17.8 Å². The van der Waals surface area contributed by atoms with Crippen molar-refractivity contribution in [1.29, 1.82) is 0 Å². The minimum absolute atomic E-state index is 0.0435. The molecule has 0 aliphatic heterocycles. The second kappa shape index (κ2) is 7.93. The molecule has 3 heteroatoms. The van der Waals surface area contributed by atoms with Gasteiger partial charge >= 0.3 is 0 Å². The standard InChI is InChI=1S/C20H26N2O/c1-4-21-15-17-11-8-12-18(13-17)22-19(23)20(2,3)14-16-9-6-5-7-10-16/h5-13,21H,4,14-15H2,1-3H3,(H,22,23). The molecule has 0 bridgehead atoms. The molecular formula is C20H26N2O. The highest BCUT2D eigenvalue weighted by Gasteiger charge is 2.27. The first-order valence-electron chi connectivity index (χ1n) is 8.16. The van der Waals surface area contributed by atoms with E-state index in [1.54, 1.807) is 0 Å². The molecule has 23 heavy (non-hydrogen) atoms. The summed E-state index contributed by atoms with van der Waals surface area (Å²) in [4.78, 5) is 12.6. The van der Waals surface area contributed by atoms with Crippen LogP contribution in [0.15, 0.2) is 54.6 Å². The maximum absolute atomic E-state index is 12.6. The van der Waals surface area contributed by atoms with Crippen molar-refractivity contribution in [1.82, 2.24) is 5.32 Å². The van der Waals surface area contributed by atoms with Crippen LogP contribution in [0.2, 0.25) is 0 Å². The number of carbonyl (C=O) groups excluding carboxylic acids is 1. The second-order valence-electron chi connectivity index (χ2n) is 6.48. The first-order valence-corrected chi connectivity index (χ1v) is 8.16. The Labute approximate surface area is 139 Å². The molecule has 0 aromatic heterocycles. The summed E-state index contributed by atoms with van der Waals surface area (Å²) in [6, 6.07) is 18.1. The van der Waals surface area contributed by atoms with Crippen LogP contribution in [0, 0.1) is 5.41 Å². The van der Waals surface area contributed by atoms with E-state index in [0.717, 1.165) is 25.2 Å². The van der Waals surface area contributed by atoms with Crippen molar-refractivity contribution >= 4 is 11.6 Å². The monoisotopic (exact) mass is 310 g/mol. The van der Waals surface area contributed by atoms with E-state index in [-0.39, 0.29) is 5.91 Å².